The van der Waals surface area contributed by atoms with Gasteiger partial charge < -0.3 is 34.1 Å². The molecule has 0 heterocycles. The van der Waals surface area contributed by atoms with Crippen LogP contribution in [0.3, 0.4) is 0 Å². The molecule has 0 bridgehead atoms. The molecule has 0 aromatic rings. The van der Waals surface area contributed by atoms with E-state index in [2.05, 4.69) is 18.4 Å². The smallest absolute Gasteiger partial charge is 0.265 e. The summed E-state index contributed by atoms with van der Waals surface area (Å²) in [6, 6.07) is 0. The number of nitrogens with zero attached hydrogens (tertiary/aromatic N) is 1. The van der Waals surface area contributed by atoms with Gasteiger partial charge in [-0.1, -0.05) is 181 Å². The second kappa shape index (κ2) is 35.7. The van der Waals surface area contributed by atoms with Crippen LogP contribution in [0, 0.1) is 0 Å². The fourth-order valence-electron chi connectivity index (χ4n) is 6.43. The lowest BCUT2D eigenvalue weighted by Crippen LogP contribution is -2.57. The van der Waals surface area contributed by atoms with Crippen LogP contribution in [0.15, 0.2) is 0 Å². The third kappa shape index (κ3) is 35.4. The second-order valence-corrected chi connectivity index (χ2v) is 17.5. The molecule has 0 aromatic carbocycles. The molecule has 0 aliphatic carbocycles. The van der Waals surface area contributed by atoms with Gasteiger partial charge >= 0.3 is 0 Å². The number of quaternary nitrogens is 1. The second-order valence-electron chi connectivity index (χ2n) is 16.3. The molecule has 10 nitrogen and oxygen atoms in total. The summed E-state index contributed by atoms with van der Waals surface area (Å²) in [5.41, 5.74) is -2.47. The molecule has 0 spiro atoms. The number of phosphoric acid groups is 1. The highest BCUT2D eigenvalue weighted by Gasteiger charge is 2.48. The van der Waals surface area contributed by atoms with E-state index in [1.165, 1.54) is 128 Å². The normalized spacial score (nSPS) is 14.6. The highest BCUT2D eigenvalue weighted by Crippen LogP contribution is 2.29. The lowest BCUT2D eigenvalue weighted by atomic mass is 9.82. The van der Waals surface area contributed by atoms with Gasteiger partial charge in [0, 0.05) is 12.8 Å². The van der Waals surface area contributed by atoms with Gasteiger partial charge in [0.15, 0.2) is 11.6 Å². The SMILES string of the molecule is CCCCCCCCCCCCCCCCCC(=O)C(O)(C(=O)CCCCCCCCCCCCCCC)[C@@H](O)CO.C[N+](C)(C)CCOP(=O)([O-])O. The fraction of sp³-hybridized carbons (Fsp3) is 0.952. The van der Waals surface area contributed by atoms with E-state index in [0.29, 0.717) is 23.9 Å². The van der Waals surface area contributed by atoms with E-state index in [9.17, 15) is 34.4 Å². The average Bonchev–Trinajstić information content (AvgIpc) is 3.10. The van der Waals surface area contributed by atoms with Crippen molar-refractivity contribution in [2.75, 3.05) is 40.9 Å². The maximum Gasteiger partial charge on any atom is 0.265 e. The zero-order valence-corrected chi connectivity index (χ0v) is 36.0. The largest absolute Gasteiger partial charge is 0.756 e. The molecule has 0 amide bonds. The summed E-state index contributed by atoms with van der Waals surface area (Å²) < 4.78 is 14.8. The summed E-state index contributed by atoms with van der Waals surface area (Å²) in [5.74, 6) is -1.28. The first-order valence-corrected chi connectivity index (χ1v) is 23.2. The number of phosphoric ester groups is 1. The van der Waals surface area contributed by atoms with Crippen molar-refractivity contribution in [3.8, 4) is 0 Å². The summed E-state index contributed by atoms with van der Waals surface area (Å²) >= 11 is 0. The number of hydrogen-bond donors (Lipinski definition) is 4. The number of likely N-dealkylation sites (N-methyl/N-ethyl adjacent to an activating group) is 1. The predicted octanol–water partition coefficient (Wildman–Crippen LogP) is 9.12. The Morgan fingerprint density at radius 2 is 0.868 bits per heavy atom. The molecule has 318 valence electrons. The van der Waals surface area contributed by atoms with Crippen LogP contribution in [0.25, 0.3) is 0 Å². The van der Waals surface area contributed by atoms with E-state index in [4.69, 9.17) is 4.89 Å². The molecule has 0 fully saturated rings. The summed E-state index contributed by atoms with van der Waals surface area (Å²) in [6.07, 6.45) is 32.2. The molecule has 2 unspecified atom stereocenters. The highest BCUT2D eigenvalue weighted by atomic mass is 31.2. The summed E-state index contributed by atoms with van der Waals surface area (Å²) in [7, 11) is 1.19. The van der Waals surface area contributed by atoms with Gasteiger partial charge in [-0.25, -0.2) is 0 Å². The predicted molar refractivity (Wildman–Crippen MR) is 217 cm³/mol. The Bertz CT molecular complexity index is 892. The van der Waals surface area contributed by atoms with Crippen molar-refractivity contribution in [3.05, 3.63) is 0 Å². The molecule has 0 radical (unpaired) electrons. The molecule has 0 rings (SSSR count). The minimum Gasteiger partial charge on any atom is -0.756 e. The lowest BCUT2D eigenvalue weighted by Gasteiger charge is -2.29. The number of unbranched alkanes of at least 4 members (excludes halogenated alkanes) is 26. The molecule has 53 heavy (non-hydrogen) atoms. The van der Waals surface area contributed by atoms with E-state index in [1.54, 1.807) is 0 Å². The minimum absolute atomic E-state index is 0.0147. The first-order valence-electron chi connectivity index (χ1n) is 21.7. The first-order chi connectivity index (χ1) is 25.2. The van der Waals surface area contributed by atoms with Crippen molar-refractivity contribution in [2.45, 2.75) is 218 Å². The van der Waals surface area contributed by atoms with Gasteiger partial charge in [-0.2, -0.15) is 0 Å². The van der Waals surface area contributed by atoms with E-state index in [-0.39, 0.29) is 19.4 Å². The maximum absolute atomic E-state index is 12.8. The van der Waals surface area contributed by atoms with E-state index < -0.39 is 37.7 Å². The zero-order chi connectivity index (χ0) is 40.3. The van der Waals surface area contributed by atoms with Crippen LogP contribution in [0.1, 0.15) is 206 Å². The Balaban J connectivity index is 0. The molecule has 0 aliphatic rings. The van der Waals surface area contributed by atoms with Gasteiger partial charge in [-0.3, -0.25) is 14.2 Å². The maximum atomic E-state index is 12.8. The van der Waals surface area contributed by atoms with Crippen LogP contribution in [-0.2, 0) is 18.7 Å². The van der Waals surface area contributed by atoms with Crippen LogP contribution in [0.5, 0.6) is 0 Å². The van der Waals surface area contributed by atoms with E-state index >= 15 is 0 Å². The molecule has 4 N–H and O–H groups in total. The number of Topliss-reactive ketones (excluding diaryl/α,β-unsaturated/α-hetero) is 2. The Labute approximate surface area is 326 Å². The van der Waals surface area contributed by atoms with Crippen molar-refractivity contribution in [1.82, 2.24) is 0 Å². The number of carbonyl (C=O) groups excluding carboxylic acids is 2. The third-order valence-corrected chi connectivity index (χ3v) is 10.5. The first kappa shape index (κ1) is 54.4. The van der Waals surface area contributed by atoms with Gasteiger partial charge in [0.25, 0.3) is 7.82 Å². The number of hydrogen-bond acceptors (Lipinski definition) is 8. The number of aliphatic hydroxyl groups is 3. The van der Waals surface area contributed by atoms with Gasteiger partial charge in [0.05, 0.1) is 27.7 Å². The van der Waals surface area contributed by atoms with E-state index in [1.807, 2.05) is 21.1 Å². The standard InChI is InChI=1S/C37H72O5.C5H14NO4P/c1-3-5-7-9-11-13-15-17-18-20-22-24-26-28-30-32-35(40)37(42,36(41)33-38)34(39)31-29-27-25-23-21-19-16-14-12-10-8-6-4-2;1-6(2,3)4-5-10-11(7,8)9/h36,38,41-42H,3-33H2,1-2H3;4-5H2,1-3H3,(H-,7,8,9)/t36-,37?;/m0./s1. The molecule has 0 saturated heterocycles. The van der Waals surface area contributed by atoms with E-state index in [0.717, 1.165) is 38.5 Å². The minimum atomic E-state index is -4.51. The van der Waals surface area contributed by atoms with Crippen LogP contribution in [-0.4, -0.2) is 88.9 Å². The highest BCUT2D eigenvalue weighted by molar-refractivity contribution is 7.44. The summed E-state index contributed by atoms with van der Waals surface area (Å²) in [5, 5.41) is 30.6. The Morgan fingerprint density at radius 1 is 0.604 bits per heavy atom. The van der Waals surface area contributed by atoms with Gasteiger partial charge in [-0.15, -0.1) is 0 Å². The zero-order valence-electron chi connectivity index (χ0n) is 35.1. The van der Waals surface area contributed by atoms with Crippen molar-refractivity contribution in [1.29, 1.82) is 0 Å². The molecule has 0 saturated carbocycles. The van der Waals surface area contributed by atoms with Gasteiger partial charge in [0.2, 0.25) is 5.60 Å². The summed E-state index contributed by atoms with van der Waals surface area (Å²) in [6.45, 7) is 4.25. The summed E-state index contributed by atoms with van der Waals surface area (Å²) in [4.78, 5) is 43.9. The van der Waals surface area contributed by atoms with Crippen molar-refractivity contribution < 1.29 is 48.3 Å². The molecular weight excluding hydrogens is 693 g/mol. The molecular formula is C42H86NO9P. The Morgan fingerprint density at radius 3 is 1.09 bits per heavy atom. The molecule has 0 aliphatic heterocycles. The van der Waals surface area contributed by atoms with Gasteiger partial charge in [0.1, 0.15) is 19.3 Å². The van der Waals surface area contributed by atoms with Gasteiger partial charge in [-0.05, 0) is 12.8 Å². The molecule has 0 aromatic heterocycles. The fourth-order valence-corrected chi connectivity index (χ4v) is 6.74. The van der Waals surface area contributed by atoms with Crippen LogP contribution in [0.2, 0.25) is 0 Å². The number of aliphatic hydroxyl groups excluding tert-OH is 2. The van der Waals surface area contributed by atoms with Crippen molar-refractivity contribution >= 4 is 19.4 Å². The van der Waals surface area contributed by atoms with Crippen LogP contribution < -0.4 is 4.89 Å². The average molecular weight is 780 g/mol. The number of rotatable bonds is 38. The molecule has 11 heteroatoms. The lowest BCUT2D eigenvalue weighted by molar-refractivity contribution is -0.870. The number of carbonyl (C=O) groups is 2. The third-order valence-electron chi connectivity index (χ3n) is 10.0. The number of ketones is 2. The quantitative estimate of drug-likeness (QED) is 0.0207. The van der Waals surface area contributed by atoms with Crippen molar-refractivity contribution in [3.63, 3.8) is 0 Å². The molecule has 3 atom stereocenters. The topological polar surface area (TPSA) is 164 Å². The van der Waals surface area contributed by atoms with Crippen LogP contribution in [0.4, 0.5) is 0 Å². The van der Waals surface area contributed by atoms with Crippen LogP contribution >= 0.6 is 7.82 Å². The Kier molecular flexibility index (Phi) is 36.6. The van der Waals surface area contributed by atoms with Crippen molar-refractivity contribution in [2.24, 2.45) is 0 Å². The monoisotopic (exact) mass is 780 g/mol. The Hall–Kier alpha value is -0.710.